The lowest BCUT2D eigenvalue weighted by Gasteiger charge is -2.19. The van der Waals surface area contributed by atoms with Gasteiger partial charge in [-0.25, -0.2) is 0 Å². The number of carbonyl (C=O) groups is 1. The highest BCUT2D eigenvalue weighted by molar-refractivity contribution is 9.10. The van der Waals surface area contributed by atoms with Crippen LogP contribution in [0.5, 0.6) is 0 Å². The third kappa shape index (κ3) is 3.98. The molecule has 0 aromatic heterocycles. The molecule has 2 rings (SSSR count). The lowest BCUT2D eigenvalue weighted by atomic mass is 10.1. The standard InChI is InChI=1S/C16H18BrN3O/c1-20(2)14-8-6-11(7-9-14)15(16(18)21)19-13-5-3-4-12(17)10-13/h3-10,15,19H,1-2H3,(H2,18,21). The van der Waals surface area contributed by atoms with Crippen LogP contribution in [0.25, 0.3) is 0 Å². The summed E-state index contributed by atoms with van der Waals surface area (Å²) < 4.78 is 0.943. The maximum atomic E-state index is 11.7. The number of halogens is 1. The molecule has 0 aliphatic heterocycles. The molecule has 4 nitrogen and oxygen atoms in total. The van der Waals surface area contributed by atoms with Gasteiger partial charge in [0.2, 0.25) is 5.91 Å². The van der Waals surface area contributed by atoms with Crippen molar-refractivity contribution in [2.75, 3.05) is 24.3 Å². The highest BCUT2D eigenvalue weighted by Gasteiger charge is 2.17. The summed E-state index contributed by atoms with van der Waals surface area (Å²) in [5, 5.41) is 3.17. The Bertz CT molecular complexity index is 626. The normalized spacial score (nSPS) is 11.8. The minimum Gasteiger partial charge on any atom is -0.378 e. The summed E-state index contributed by atoms with van der Waals surface area (Å²) in [5.41, 5.74) is 8.28. The Kier molecular flexibility index (Phi) is 4.85. The number of carbonyl (C=O) groups excluding carboxylic acids is 1. The van der Waals surface area contributed by atoms with E-state index in [2.05, 4.69) is 21.2 Å². The molecule has 3 N–H and O–H groups in total. The highest BCUT2D eigenvalue weighted by atomic mass is 79.9. The fourth-order valence-electron chi connectivity index (χ4n) is 2.03. The quantitative estimate of drug-likeness (QED) is 0.873. The zero-order valence-electron chi connectivity index (χ0n) is 12.0. The maximum Gasteiger partial charge on any atom is 0.244 e. The van der Waals surface area contributed by atoms with Gasteiger partial charge in [0.15, 0.2) is 0 Å². The molecule has 2 aromatic rings. The lowest BCUT2D eigenvalue weighted by Crippen LogP contribution is -2.27. The first kappa shape index (κ1) is 15.4. The van der Waals surface area contributed by atoms with Gasteiger partial charge in [0.25, 0.3) is 0 Å². The van der Waals surface area contributed by atoms with Gasteiger partial charge in [-0.3, -0.25) is 4.79 Å². The van der Waals surface area contributed by atoms with E-state index in [9.17, 15) is 4.79 Å². The van der Waals surface area contributed by atoms with E-state index in [0.717, 1.165) is 21.4 Å². The number of nitrogens with zero attached hydrogens (tertiary/aromatic N) is 1. The van der Waals surface area contributed by atoms with Crippen LogP contribution in [0.1, 0.15) is 11.6 Å². The van der Waals surface area contributed by atoms with Crippen molar-refractivity contribution in [3.8, 4) is 0 Å². The first-order valence-electron chi connectivity index (χ1n) is 6.56. The van der Waals surface area contributed by atoms with Gasteiger partial charge in [-0.1, -0.05) is 34.1 Å². The van der Waals surface area contributed by atoms with Gasteiger partial charge in [-0.05, 0) is 35.9 Å². The minimum atomic E-state index is -0.560. The molecule has 0 aliphatic carbocycles. The third-order valence-corrected chi connectivity index (χ3v) is 3.66. The average Bonchev–Trinajstić information content (AvgIpc) is 2.44. The first-order valence-corrected chi connectivity index (χ1v) is 7.35. The number of nitrogens with one attached hydrogen (secondary N) is 1. The summed E-state index contributed by atoms with van der Waals surface area (Å²) in [4.78, 5) is 13.8. The number of amides is 1. The molecule has 0 bridgehead atoms. The van der Waals surface area contributed by atoms with Crippen LogP contribution in [0.3, 0.4) is 0 Å². The van der Waals surface area contributed by atoms with E-state index < -0.39 is 11.9 Å². The van der Waals surface area contributed by atoms with E-state index in [0.29, 0.717) is 0 Å². The summed E-state index contributed by atoms with van der Waals surface area (Å²) in [5.74, 6) is -0.410. The van der Waals surface area contributed by atoms with Crippen LogP contribution in [-0.2, 0) is 4.79 Å². The smallest absolute Gasteiger partial charge is 0.244 e. The van der Waals surface area contributed by atoms with Crippen LogP contribution in [0.2, 0.25) is 0 Å². The predicted molar refractivity (Wildman–Crippen MR) is 90.5 cm³/mol. The molecule has 0 fully saturated rings. The summed E-state index contributed by atoms with van der Waals surface area (Å²) in [6.45, 7) is 0. The molecule has 0 radical (unpaired) electrons. The van der Waals surface area contributed by atoms with Crippen molar-refractivity contribution < 1.29 is 4.79 Å². The van der Waals surface area contributed by atoms with E-state index in [1.165, 1.54) is 0 Å². The summed E-state index contributed by atoms with van der Waals surface area (Å²) in [6, 6.07) is 14.8. The van der Waals surface area contributed by atoms with Crippen molar-refractivity contribution in [3.63, 3.8) is 0 Å². The van der Waals surface area contributed by atoms with Crippen LogP contribution < -0.4 is 16.0 Å². The van der Waals surface area contributed by atoms with Crippen molar-refractivity contribution in [1.82, 2.24) is 0 Å². The van der Waals surface area contributed by atoms with Gasteiger partial charge in [0.1, 0.15) is 6.04 Å². The number of hydrogen-bond donors (Lipinski definition) is 2. The Morgan fingerprint density at radius 3 is 2.38 bits per heavy atom. The Labute approximate surface area is 133 Å². The first-order chi connectivity index (χ1) is 9.97. The number of primary amides is 1. The molecule has 0 saturated carbocycles. The van der Waals surface area contributed by atoms with Crippen LogP contribution in [0, 0.1) is 0 Å². The van der Waals surface area contributed by atoms with Crippen molar-refractivity contribution in [1.29, 1.82) is 0 Å². The molecular weight excluding hydrogens is 330 g/mol. The van der Waals surface area contributed by atoms with Crippen LogP contribution in [0.15, 0.2) is 53.0 Å². The molecule has 1 amide bonds. The van der Waals surface area contributed by atoms with Gasteiger partial charge in [-0.2, -0.15) is 0 Å². The lowest BCUT2D eigenvalue weighted by molar-refractivity contribution is -0.118. The third-order valence-electron chi connectivity index (χ3n) is 3.16. The zero-order chi connectivity index (χ0) is 15.4. The average molecular weight is 348 g/mol. The Morgan fingerprint density at radius 1 is 1.19 bits per heavy atom. The highest BCUT2D eigenvalue weighted by Crippen LogP contribution is 2.23. The molecule has 1 atom stereocenters. The number of nitrogens with two attached hydrogens (primary N) is 1. The van der Waals surface area contributed by atoms with Crippen molar-refractivity contribution in [2.24, 2.45) is 5.73 Å². The topological polar surface area (TPSA) is 58.4 Å². The van der Waals surface area contributed by atoms with Crippen LogP contribution in [0.4, 0.5) is 11.4 Å². The van der Waals surface area contributed by atoms with Crippen LogP contribution in [-0.4, -0.2) is 20.0 Å². The van der Waals surface area contributed by atoms with Crippen molar-refractivity contribution in [3.05, 3.63) is 58.6 Å². The van der Waals surface area contributed by atoms with E-state index in [1.807, 2.05) is 67.5 Å². The number of benzene rings is 2. The molecule has 0 aliphatic rings. The van der Waals surface area contributed by atoms with Gasteiger partial charge < -0.3 is 16.0 Å². The summed E-state index contributed by atoms with van der Waals surface area (Å²) in [6.07, 6.45) is 0. The molecule has 0 heterocycles. The SMILES string of the molecule is CN(C)c1ccc(C(Nc2cccc(Br)c2)C(N)=O)cc1. The van der Waals surface area contributed by atoms with Crippen molar-refractivity contribution in [2.45, 2.75) is 6.04 Å². The Morgan fingerprint density at radius 2 is 1.86 bits per heavy atom. The Hall–Kier alpha value is -2.01. The molecule has 2 aromatic carbocycles. The predicted octanol–water partition coefficient (Wildman–Crippen LogP) is 3.15. The van der Waals surface area contributed by atoms with E-state index in [4.69, 9.17) is 5.73 Å². The second-order valence-corrected chi connectivity index (χ2v) is 5.89. The van der Waals surface area contributed by atoms with E-state index in [1.54, 1.807) is 0 Å². The fourth-order valence-corrected chi connectivity index (χ4v) is 2.43. The molecular formula is C16H18BrN3O. The molecule has 1 unspecified atom stereocenters. The number of rotatable bonds is 5. The zero-order valence-corrected chi connectivity index (χ0v) is 13.6. The molecule has 110 valence electrons. The molecule has 21 heavy (non-hydrogen) atoms. The summed E-state index contributed by atoms with van der Waals surface area (Å²) >= 11 is 3.41. The summed E-state index contributed by atoms with van der Waals surface area (Å²) in [7, 11) is 3.95. The van der Waals surface area contributed by atoms with Gasteiger partial charge in [0, 0.05) is 29.9 Å². The monoisotopic (exact) mass is 347 g/mol. The Balaban J connectivity index is 2.24. The van der Waals surface area contributed by atoms with E-state index in [-0.39, 0.29) is 0 Å². The largest absolute Gasteiger partial charge is 0.378 e. The molecule has 5 heteroatoms. The number of hydrogen-bond acceptors (Lipinski definition) is 3. The van der Waals surface area contributed by atoms with Gasteiger partial charge in [-0.15, -0.1) is 0 Å². The molecule has 0 spiro atoms. The second kappa shape index (κ2) is 6.63. The van der Waals surface area contributed by atoms with Crippen molar-refractivity contribution >= 4 is 33.2 Å². The van der Waals surface area contributed by atoms with Gasteiger partial charge in [0.05, 0.1) is 0 Å². The number of anilines is 2. The minimum absolute atomic E-state index is 0.410. The fraction of sp³-hybridized carbons (Fsp3) is 0.188. The van der Waals surface area contributed by atoms with E-state index >= 15 is 0 Å². The van der Waals surface area contributed by atoms with Gasteiger partial charge >= 0.3 is 0 Å². The van der Waals surface area contributed by atoms with Crippen LogP contribution >= 0.6 is 15.9 Å². The second-order valence-electron chi connectivity index (χ2n) is 4.98. The maximum absolute atomic E-state index is 11.7. The molecule has 0 saturated heterocycles.